The molecule has 0 amide bonds. The zero-order chi connectivity index (χ0) is 15.9. The first-order chi connectivity index (χ1) is 11.3. The van der Waals surface area contributed by atoms with Gasteiger partial charge >= 0.3 is 0 Å². The molecule has 5 nitrogen and oxygen atoms in total. The van der Waals surface area contributed by atoms with Crippen molar-refractivity contribution in [3.63, 3.8) is 0 Å². The second kappa shape index (κ2) is 7.92. The molecule has 1 saturated heterocycles. The lowest BCUT2D eigenvalue weighted by Crippen LogP contribution is -2.19. The number of benzene rings is 1. The van der Waals surface area contributed by atoms with E-state index in [1.807, 2.05) is 36.4 Å². The molecule has 0 bridgehead atoms. The summed E-state index contributed by atoms with van der Waals surface area (Å²) >= 11 is 0. The molecule has 1 aromatic heterocycles. The van der Waals surface area contributed by atoms with Gasteiger partial charge in [-0.3, -0.25) is 0 Å². The first-order valence-corrected chi connectivity index (χ1v) is 8.39. The van der Waals surface area contributed by atoms with Crippen LogP contribution in [0.1, 0.15) is 26.2 Å². The molecule has 1 aliphatic rings. The molecule has 5 heteroatoms. The number of hydrogen-bond donors (Lipinski definition) is 2. The number of aromatic nitrogens is 2. The van der Waals surface area contributed by atoms with Crippen LogP contribution >= 0.6 is 0 Å². The fourth-order valence-electron chi connectivity index (χ4n) is 2.62. The van der Waals surface area contributed by atoms with Gasteiger partial charge in [-0.2, -0.15) is 0 Å². The van der Waals surface area contributed by atoms with Crippen LogP contribution in [0.4, 0.5) is 11.6 Å². The van der Waals surface area contributed by atoms with Gasteiger partial charge in [0.15, 0.2) is 5.82 Å². The van der Waals surface area contributed by atoms with E-state index in [1.54, 1.807) is 0 Å². The molecule has 3 rings (SSSR count). The van der Waals surface area contributed by atoms with E-state index >= 15 is 0 Å². The molecule has 2 aromatic rings. The van der Waals surface area contributed by atoms with Gasteiger partial charge < -0.3 is 15.4 Å². The third kappa shape index (κ3) is 4.42. The van der Waals surface area contributed by atoms with Crippen molar-refractivity contribution in [2.45, 2.75) is 32.3 Å². The maximum atomic E-state index is 5.66. The lowest BCUT2D eigenvalue weighted by atomic mass is 10.2. The Balaban J connectivity index is 1.79. The second-order valence-corrected chi connectivity index (χ2v) is 5.77. The Morgan fingerprint density at radius 1 is 1.13 bits per heavy atom. The van der Waals surface area contributed by atoms with Crippen molar-refractivity contribution in [3.05, 3.63) is 36.4 Å². The number of nitrogens with zero attached hydrogens (tertiary/aromatic N) is 2. The molecular weight excluding hydrogens is 288 g/mol. The molecule has 1 atom stereocenters. The van der Waals surface area contributed by atoms with Crippen LogP contribution in [0.25, 0.3) is 11.4 Å². The summed E-state index contributed by atoms with van der Waals surface area (Å²) in [5.41, 5.74) is 1.02. The van der Waals surface area contributed by atoms with E-state index in [4.69, 9.17) is 4.74 Å². The molecule has 122 valence electrons. The molecule has 1 unspecified atom stereocenters. The van der Waals surface area contributed by atoms with Gasteiger partial charge in [0.25, 0.3) is 0 Å². The van der Waals surface area contributed by atoms with Crippen molar-refractivity contribution < 1.29 is 4.74 Å². The van der Waals surface area contributed by atoms with Crippen molar-refractivity contribution in [1.29, 1.82) is 0 Å². The minimum atomic E-state index is 0.289. The Morgan fingerprint density at radius 2 is 1.91 bits per heavy atom. The highest BCUT2D eigenvalue weighted by Gasteiger charge is 2.15. The van der Waals surface area contributed by atoms with Crippen LogP contribution < -0.4 is 10.6 Å². The number of anilines is 2. The van der Waals surface area contributed by atoms with Gasteiger partial charge in [0, 0.05) is 31.3 Å². The molecule has 0 radical (unpaired) electrons. The van der Waals surface area contributed by atoms with E-state index in [0.29, 0.717) is 0 Å². The molecule has 0 saturated carbocycles. The smallest absolute Gasteiger partial charge is 0.163 e. The highest BCUT2D eigenvalue weighted by molar-refractivity contribution is 5.61. The topological polar surface area (TPSA) is 59.1 Å². The third-order valence-corrected chi connectivity index (χ3v) is 3.85. The van der Waals surface area contributed by atoms with Crippen molar-refractivity contribution >= 4 is 11.6 Å². The second-order valence-electron chi connectivity index (χ2n) is 5.77. The van der Waals surface area contributed by atoms with E-state index < -0.39 is 0 Å². The van der Waals surface area contributed by atoms with Gasteiger partial charge in [-0.1, -0.05) is 37.3 Å². The minimum Gasteiger partial charge on any atom is -0.376 e. The molecular formula is C18H24N4O. The number of nitrogens with one attached hydrogen (secondary N) is 2. The lowest BCUT2D eigenvalue weighted by molar-refractivity contribution is 0.120. The molecule has 0 spiro atoms. The number of hydrogen-bond acceptors (Lipinski definition) is 5. The average molecular weight is 312 g/mol. The highest BCUT2D eigenvalue weighted by Crippen LogP contribution is 2.21. The van der Waals surface area contributed by atoms with Gasteiger partial charge in [0.1, 0.15) is 11.6 Å². The van der Waals surface area contributed by atoms with Crippen molar-refractivity contribution in [2.75, 3.05) is 30.3 Å². The summed E-state index contributed by atoms with van der Waals surface area (Å²) in [6.07, 6.45) is 3.61. The minimum absolute atomic E-state index is 0.289. The van der Waals surface area contributed by atoms with Crippen LogP contribution in [-0.2, 0) is 4.74 Å². The zero-order valence-electron chi connectivity index (χ0n) is 13.6. The summed E-state index contributed by atoms with van der Waals surface area (Å²) in [6.45, 7) is 4.70. The van der Waals surface area contributed by atoms with E-state index in [9.17, 15) is 0 Å². The summed E-state index contributed by atoms with van der Waals surface area (Å²) in [4.78, 5) is 9.28. The molecule has 1 aromatic carbocycles. The summed E-state index contributed by atoms with van der Waals surface area (Å²) < 4.78 is 5.66. The monoisotopic (exact) mass is 312 g/mol. The molecule has 0 aliphatic carbocycles. The predicted octanol–water partition coefficient (Wildman–Crippen LogP) is 3.56. The summed E-state index contributed by atoms with van der Waals surface area (Å²) in [5.74, 6) is 2.44. The van der Waals surface area contributed by atoms with Crippen molar-refractivity contribution in [2.24, 2.45) is 0 Å². The maximum Gasteiger partial charge on any atom is 0.163 e. The first kappa shape index (κ1) is 15.7. The molecule has 1 fully saturated rings. The number of rotatable bonds is 7. The average Bonchev–Trinajstić information content (AvgIpc) is 3.12. The molecule has 2 N–H and O–H groups in total. The van der Waals surface area contributed by atoms with E-state index in [1.165, 1.54) is 0 Å². The van der Waals surface area contributed by atoms with Gasteiger partial charge in [-0.25, -0.2) is 9.97 Å². The van der Waals surface area contributed by atoms with Crippen LogP contribution in [0, 0.1) is 0 Å². The van der Waals surface area contributed by atoms with Crippen LogP contribution in [0.2, 0.25) is 0 Å². The quantitative estimate of drug-likeness (QED) is 0.818. The predicted molar refractivity (Wildman–Crippen MR) is 93.7 cm³/mol. The van der Waals surface area contributed by atoms with Crippen LogP contribution in [0.3, 0.4) is 0 Å². The molecule has 1 aliphatic heterocycles. The third-order valence-electron chi connectivity index (χ3n) is 3.85. The zero-order valence-corrected chi connectivity index (χ0v) is 13.6. The van der Waals surface area contributed by atoms with Crippen LogP contribution in [0.15, 0.2) is 36.4 Å². The van der Waals surface area contributed by atoms with E-state index in [-0.39, 0.29) is 6.10 Å². The van der Waals surface area contributed by atoms with Crippen LogP contribution in [0.5, 0.6) is 0 Å². The fourth-order valence-corrected chi connectivity index (χ4v) is 2.62. The number of ether oxygens (including phenoxy) is 1. The Bertz CT molecular complexity index is 612. The summed E-state index contributed by atoms with van der Waals surface area (Å²) in [5, 5.41) is 6.75. The van der Waals surface area contributed by atoms with Gasteiger partial charge in [-0.05, 0) is 19.3 Å². The summed E-state index contributed by atoms with van der Waals surface area (Å²) in [6, 6.07) is 12.0. The first-order valence-electron chi connectivity index (χ1n) is 8.39. The molecule has 23 heavy (non-hydrogen) atoms. The Kier molecular flexibility index (Phi) is 5.42. The highest BCUT2D eigenvalue weighted by atomic mass is 16.5. The maximum absolute atomic E-state index is 5.66. The summed E-state index contributed by atoms with van der Waals surface area (Å²) in [7, 11) is 0. The Hall–Kier alpha value is -2.14. The van der Waals surface area contributed by atoms with Crippen molar-refractivity contribution in [3.8, 4) is 11.4 Å². The SMILES string of the molecule is CCCNc1cc(NCC2CCCO2)nc(-c2ccccc2)n1. The van der Waals surface area contributed by atoms with Gasteiger partial charge in [-0.15, -0.1) is 0 Å². The molecule has 2 heterocycles. The van der Waals surface area contributed by atoms with Gasteiger partial charge in [0.05, 0.1) is 6.10 Å². The normalized spacial score (nSPS) is 17.2. The van der Waals surface area contributed by atoms with Gasteiger partial charge in [0.2, 0.25) is 0 Å². The van der Waals surface area contributed by atoms with Crippen molar-refractivity contribution in [1.82, 2.24) is 9.97 Å². The largest absolute Gasteiger partial charge is 0.376 e. The lowest BCUT2D eigenvalue weighted by Gasteiger charge is -2.14. The van der Waals surface area contributed by atoms with E-state index in [2.05, 4.69) is 27.5 Å². The Morgan fingerprint density at radius 3 is 2.61 bits per heavy atom. The Labute approximate surface area is 137 Å². The fraction of sp³-hybridized carbons (Fsp3) is 0.444. The standard InChI is InChI=1S/C18H24N4O/c1-2-10-19-16-12-17(20-13-15-9-6-11-23-15)22-18(21-16)14-7-4-3-5-8-14/h3-5,7-8,12,15H,2,6,9-11,13H2,1H3,(H2,19,20,21,22). The van der Waals surface area contributed by atoms with E-state index in [0.717, 1.165) is 62.0 Å². The van der Waals surface area contributed by atoms with Crippen LogP contribution in [-0.4, -0.2) is 35.8 Å².